The Kier molecular flexibility index (Phi) is 2.81. The van der Waals surface area contributed by atoms with E-state index in [9.17, 15) is 0 Å². The van der Waals surface area contributed by atoms with Crippen molar-refractivity contribution < 1.29 is 9.26 Å². The largest absolute Gasteiger partial charge is 0.378 e. The Labute approximate surface area is 98.0 Å². The van der Waals surface area contributed by atoms with Crippen molar-refractivity contribution in [1.82, 2.24) is 20.4 Å². The first-order valence-electron chi connectivity index (χ1n) is 5.48. The summed E-state index contributed by atoms with van der Waals surface area (Å²) in [6.07, 6.45) is 3.40. The van der Waals surface area contributed by atoms with E-state index in [1.54, 1.807) is 12.4 Å². The first-order chi connectivity index (χ1) is 8.43. The molecule has 0 radical (unpaired) electrons. The zero-order chi connectivity index (χ0) is 11.5. The number of ether oxygens (including phenoxy) is 1. The van der Waals surface area contributed by atoms with Crippen LogP contribution in [0.4, 0.5) is 0 Å². The molecule has 88 valence electrons. The standard InChI is InChI=1S/C11H12N4O2/c1-2-8(6-12-3-1)11-14-10(15-17-11)9-7-16-5-4-13-9/h1-3,6,9,13H,4-5,7H2/t9-/m0/s1. The Bertz CT molecular complexity index is 479. The fourth-order valence-electron chi connectivity index (χ4n) is 1.71. The summed E-state index contributed by atoms with van der Waals surface area (Å²) in [4.78, 5) is 8.36. The summed E-state index contributed by atoms with van der Waals surface area (Å²) in [5.41, 5.74) is 0.822. The highest BCUT2D eigenvalue weighted by atomic mass is 16.5. The van der Waals surface area contributed by atoms with Gasteiger partial charge in [0, 0.05) is 18.9 Å². The molecule has 0 amide bonds. The van der Waals surface area contributed by atoms with Crippen LogP contribution in [0.5, 0.6) is 0 Å². The molecular weight excluding hydrogens is 220 g/mol. The SMILES string of the molecule is c1cncc(-c2nc([C@@H]3COCCN3)no2)c1. The third-order valence-corrected chi connectivity index (χ3v) is 2.58. The average Bonchev–Trinajstić information content (AvgIpc) is 2.90. The molecule has 0 unspecified atom stereocenters. The van der Waals surface area contributed by atoms with E-state index in [4.69, 9.17) is 9.26 Å². The van der Waals surface area contributed by atoms with Gasteiger partial charge in [0.1, 0.15) is 0 Å². The van der Waals surface area contributed by atoms with Crippen LogP contribution >= 0.6 is 0 Å². The van der Waals surface area contributed by atoms with Crippen molar-refractivity contribution >= 4 is 0 Å². The Morgan fingerprint density at radius 2 is 2.41 bits per heavy atom. The molecule has 0 aliphatic carbocycles. The summed E-state index contributed by atoms with van der Waals surface area (Å²) < 4.78 is 10.6. The minimum atomic E-state index is 0.0120. The van der Waals surface area contributed by atoms with Crippen molar-refractivity contribution in [2.45, 2.75) is 6.04 Å². The quantitative estimate of drug-likeness (QED) is 0.825. The van der Waals surface area contributed by atoms with Gasteiger partial charge < -0.3 is 14.6 Å². The number of hydrogen-bond donors (Lipinski definition) is 1. The van der Waals surface area contributed by atoms with Gasteiger partial charge in [-0.3, -0.25) is 4.98 Å². The molecule has 0 bridgehead atoms. The van der Waals surface area contributed by atoms with E-state index in [2.05, 4.69) is 20.4 Å². The van der Waals surface area contributed by atoms with E-state index in [1.165, 1.54) is 0 Å². The lowest BCUT2D eigenvalue weighted by molar-refractivity contribution is 0.0734. The molecule has 0 spiro atoms. The molecular formula is C11H12N4O2. The van der Waals surface area contributed by atoms with Gasteiger partial charge in [0.05, 0.1) is 24.8 Å². The maximum Gasteiger partial charge on any atom is 0.259 e. The predicted molar refractivity (Wildman–Crippen MR) is 59.1 cm³/mol. The van der Waals surface area contributed by atoms with Gasteiger partial charge in [0.15, 0.2) is 5.82 Å². The molecule has 6 nitrogen and oxygen atoms in total. The molecule has 1 N–H and O–H groups in total. The van der Waals surface area contributed by atoms with Crippen LogP contribution in [-0.4, -0.2) is 34.9 Å². The summed E-state index contributed by atoms with van der Waals surface area (Å²) in [6.45, 7) is 2.11. The molecule has 2 aromatic rings. The van der Waals surface area contributed by atoms with Gasteiger partial charge in [-0.05, 0) is 12.1 Å². The van der Waals surface area contributed by atoms with Crippen molar-refractivity contribution in [2.75, 3.05) is 19.8 Å². The molecule has 1 aliphatic heterocycles. The Balaban J connectivity index is 1.83. The molecule has 0 aromatic carbocycles. The number of nitrogens with zero attached hydrogens (tertiary/aromatic N) is 3. The third kappa shape index (κ3) is 2.17. The van der Waals surface area contributed by atoms with Crippen LogP contribution in [-0.2, 0) is 4.74 Å². The predicted octanol–water partition coefficient (Wildman–Crippen LogP) is 0.792. The average molecular weight is 232 g/mol. The lowest BCUT2D eigenvalue weighted by Gasteiger charge is -2.20. The molecule has 6 heteroatoms. The lowest BCUT2D eigenvalue weighted by atomic mass is 10.2. The van der Waals surface area contributed by atoms with E-state index < -0.39 is 0 Å². The van der Waals surface area contributed by atoms with Crippen molar-refractivity contribution in [3.8, 4) is 11.5 Å². The van der Waals surface area contributed by atoms with Gasteiger partial charge in [0.2, 0.25) is 0 Å². The highest BCUT2D eigenvalue weighted by Gasteiger charge is 2.21. The number of rotatable bonds is 2. The highest BCUT2D eigenvalue weighted by molar-refractivity contribution is 5.50. The van der Waals surface area contributed by atoms with Crippen LogP contribution in [0.25, 0.3) is 11.5 Å². The van der Waals surface area contributed by atoms with Gasteiger partial charge in [-0.1, -0.05) is 5.16 Å². The number of aromatic nitrogens is 3. The highest BCUT2D eigenvalue weighted by Crippen LogP contribution is 2.19. The maximum atomic E-state index is 5.35. The molecule has 1 aliphatic rings. The first-order valence-corrected chi connectivity index (χ1v) is 5.48. The maximum absolute atomic E-state index is 5.35. The van der Waals surface area contributed by atoms with E-state index in [0.29, 0.717) is 18.3 Å². The van der Waals surface area contributed by atoms with Crippen molar-refractivity contribution in [1.29, 1.82) is 0 Å². The summed E-state index contributed by atoms with van der Waals surface area (Å²) in [5.74, 6) is 1.11. The zero-order valence-electron chi connectivity index (χ0n) is 9.17. The van der Waals surface area contributed by atoms with Gasteiger partial charge in [0.25, 0.3) is 5.89 Å². The monoisotopic (exact) mass is 232 g/mol. The molecule has 3 heterocycles. The van der Waals surface area contributed by atoms with Crippen LogP contribution in [0.3, 0.4) is 0 Å². The van der Waals surface area contributed by atoms with Crippen LogP contribution in [0.15, 0.2) is 29.0 Å². The number of hydrogen-bond acceptors (Lipinski definition) is 6. The van der Waals surface area contributed by atoms with Crippen molar-refractivity contribution in [3.63, 3.8) is 0 Å². The summed E-state index contributed by atoms with van der Waals surface area (Å²) in [6, 6.07) is 3.73. The molecule has 3 rings (SSSR count). The van der Waals surface area contributed by atoms with Crippen LogP contribution in [0, 0.1) is 0 Å². The Morgan fingerprint density at radius 1 is 1.41 bits per heavy atom. The lowest BCUT2D eigenvalue weighted by Crippen LogP contribution is -2.35. The van der Waals surface area contributed by atoms with Crippen LogP contribution in [0.2, 0.25) is 0 Å². The van der Waals surface area contributed by atoms with E-state index in [0.717, 1.165) is 18.7 Å². The minimum absolute atomic E-state index is 0.0120. The van der Waals surface area contributed by atoms with E-state index in [1.807, 2.05) is 12.1 Å². The summed E-state index contributed by atoms with van der Waals surface area (Å²) in [7, 11) is 0. The van der Waals surface area contributed by atoms with Crippen molar-refractivity contribution in [2.24, 2.45) is 0 Å². The normalized spacial score (nSPS) is 20.4. The van der Waals surface area contributed by atoms with Crippen LogP contribution < -0.4 is 5.32 Å². The number of morpholine rings is 1. The van der Waals surface area contributed by atoms with E-state index in [-0.39, 0.29) is 6.04 Å². The Hall–Kier alpha value is -1.79. The molecule has 17 heavy (non-hydrogen) atoms. The first kappa shape index (κ1) is 10.4. The Morgan fingerprint density at radius 3 is 3.18 bits per heavy atom. The second-order valence-electron chi connectivity index (χ2n) is 3.78. The molecule has 0 saturated carbocycles. The van der Waals surface area contributed by atoms with E-state index >= 15 is 0 Å². The molecule has 1 saturated heterocycles. The number of pyridine rings is 1. The summed E-state index contributed by atoms with van der Waals surface area (Å²) >= 11 is 0. The van der Waals surface area contributed by atoms with Gasteiger partial charge in [-0.25, -0.2) is 0 Å². The fourth-order valence-corrected chi connectivity index (χ4v) is 1.71. The second kappa shape index (κ2) is 4.60. The van der Waals surface area contributed by atoms with Crippen molar-refractivity contribution in [3.05, 3.63) is 30.4 Å². The van der Waals surface area contributed by atoms with Gasteiger partial charge in [-0.15, -0.1) is 0 Å². The smallest absolute Gasteiger partial charge is 0.259 e. The fraction of sp³-hybridized carbons (Fsp3) is 0.364. The van der Waals surface area contributed by atoms with Crippen LogP contribution in [0.1, 0.15) is 11.9 Å². The molecule has 2 aromatic heterocycles. The molecule has 1 fully saturated rings. The van der Waals surface area contributed by atoms with Gasteiger partial charge in [-0.2, -0.15) is 4.98 Å². The minimum Gasteiger partial charge on any atom is -0.378 e. The molecule has 1 atom stereocenters. The number of nitrogens with one attached hydrogen (secondary N) is 1. The topological polar surface area (TPSA) is 73.1 Å². The zero-order valence-corrected chi connectivity index (χ0v) is 9.17. The summed E-state index contributed by atoms with van der Waals surface area (Å²) in [5, 5.41) is 7.23. The second-order valence-corrected chi connectivity index (χ2v) is 3.78. The van der Waals surface area contributed by atoms with Gasteiger partial charge >= 0.3 is 0 Å². The third-order valence-electron chi connectivity index (χ3n) is 2.58.